The minimum absolute atomic E-state index is 0.0884. The van der Waals surface area contributed by atoms with Crippen molar-refractivity contribution in [1.29, 1.82) is 0 Å². The summed E-state index contributed by atoms with van der Waals surface area (Å²) in [7, 11) is 0.941. The first-order valence-corrected chi connectivity index (χ1v) is 6.13. The van der Waals surface area contributed by atoms with Crippen molar-refractivity contribution in [3.05, 3.63) is 0 Å². The summed E-state index contributed by atoms with van der Waals surface area (Å²) in [6, 6.07) is 0. The van der Waals surface area contributed by atoms with Crippen molar-refractivity contribution in [2.24, 2.45) is 11.1 Å². The number of carbonyl (C=O) groups is 1. The van der Waals surface area contributed by atoms with Crippen LogP contribution in [-0.4, -0.2) is 29.0 Å². The third-order valence-corrected chi connectivity index (χ3v) is 2.46. The monoisotopic (exact) mass is 234 g/mol. The predicted octanol–water partition coefficient (Wildman–Crippen LogP) is -0.787. The highest BCUT2D eigenvalue weighted by atomic mass is 32.2. The minimum Gasteiger partial charge on any atom is -0.543 e. The zero-order valence-electron chi connectivity index (χ0n) is 8.60. The number of nitrogens with one attached hydrogen (secondary N) is 1. The highest BCUT2D eigenvalue weighted by Gasteiger charge is 2.19. The van der Waals surface area contributed by atoms with Gasteiger partial charge in [-0.15, -0.1) is 0 Å². The fourth-order valence-electron chi connectivity index (χ4n) is 1.07. The first-order chi connectivity index (χ1) is 6.90. The molecule has 0 bridgehead atoms. The van der Waals surface area contributed by atoms with Crippen LogP contribution in [0.3, 0.4) is 0 Å². The molecule has 15 heavy (non-hydrogen) atoms. The lowest BCUT2D eigenvalue weighted by molar-refractivity contribution is -0.138. The van der Waals surface area contributed by atoms with Gasteiger partial charge in [-0.25, -0.2) is 9.86 Å². The Hall–Kier alpha value is -0.595. The Kier molecular flexibility index (Phi) is 6.54. The summed E-state index contributed by atoms with van der Waals surface area (Å²) in [5.74, 6) is -1.23. The third-order valence-electron chi connectivity index (χ3n) is 1.89. The van der Waals surface area contributed by atoms with Gasteiger partial charge in [0.2, 0.25) is 0 Å². The van der Waals surface area contributed by atoms with Crippen LogP contribution in [0, 0.1) is 5.92 Å². The van der Waals surface area contributed by atoms with Crippen LogP contribution in [0.1, 0.15) is 26.2 Å². The summed E-state index contributed by atoms with van der Waals surface area (Å²) in [5, 5.41) is 4.73. The maximum Gasteiger partial charge on any atom is 0.378 e. The summed E-state index contributed by atoms with van der Waals surface area (Å²) >= 11 is 0. The van der Waals surface area contributed by atoms with Gasteiger partial charge in [0.05, 0.1) is 5.92 Å². The second kappa shape index (κ2) is 6.81. The van der Waals surface area contributed by atoms with E-state index in [-0.39, 0.29) is 6.54 Å². The van der Waals surface area contributed by atoms with E-state index in [9.17, 15) is 13.2 Å². The molecule has 0 aromatic rings. The van der Waals surface area contributed by atoms with Crippen LogP contribution in [0.5, 0.6) is 0 Å². The van der Waals surface area contributed by atoms with E-state index in [4.69, 9.17) is 13.2 Å². The number of hydrogen-bond donors (Lipinski definition) is 2. The molecule has 2 radical (unpaired) electrons. The highest BCUT2D eigenvalue weighted by Crippen LogP contribution is 2.09. The maximum absolute atomic E-state index is 11.1. The molecule has 0 rings (SSSR count). The number of rotatable bonds is 7. The van der Waals surface area contributed by atoms with Crippen molar-refractivity contribution in [2.75, 3.05) is 6.54 Å². The standard InChI is InChI=1S/C7H15BN2O4S/c1-2-3-4-6(7(11)14-8)5-10-15(9,12)13/h6,10H,2-5H2,1H3,(H2,9,12,13). The average molecular weight is 234 g/mol. The molecule has 86 valence electrons. The molecule has 0 aliphatic carbocycles. The van der Waals surface area contributed by atoms with Crippen molar-refractivity contribution in [3.8, 4) is 0 Å². The van der Waals surface area contributed by atoms with Gasteiger partial charge in [0, 0.05) is 6.54 Å². The Morgan fingerprint density at radius 2 is 2.20 bits per heavy atom. The maximum atomic E-state index is 11.1. The van der Waals surface area contributed by atoms with Gasteiger partial charge in [-0.3, -0.25) is 4.79 Å². The SMILES string of the molecule is [B]OC(=O)C(CCCC)CNS(N)(=O)=O. The van der Waals surface area contributed by atoms with Gasteiger partial charge in [-0.1, -0.05) is 19.8 Å². The first kappa shape index (κ1) is 14.4. The Morgan fingerprint density at radius 3 is 2.60 bits per heavy atom. The molecule has 1 unspecified atom stereocenters. The van der Waals surface area contributed by atoms with Crippen LogP contribution in [0.15, 0.2) is 0 Å². The van der Waals surface area contributed by atoms with Crippen LogP contribution >= 0.6 is 0 Å². The summed E-state index contributed by atoms with van der Waals surface area (Å²) in [4.78, 5) is 11.1. The Bertz CT molecular complexity index is 293. The Balaban J connectivity index is 4.18. The van der Waals surface area contributed by atoms with E-state index < -0.39 is 22.1 Å². The van der Waals surface area contributed by atoms with E-state index in [1.54, 1.807) is 0 Å². The largest absolute Gasteiger partial charge is 0.543 e. The molecule has 0 spiro atoms. The van der Waals surface area contributed by atoms with Crippen LogP contribution in [-0.2, 0) is 19.7 Å². The second-order valence-corrected chi connectivity index (χ2v) is 4.55. The van der Waals surface area contributed by atoms with Crippen LogP contribution in [0.2, 0.25) is 0 Å². The van der Waals surface area contributed by atoms with Gasteiger partial charge < -0.3 is 4.65 Å². The fourth-order valence-corrected chi connectivity index (χ4v) is 1.50. The van der Waals surface area contributed by atoms with Crippen LogP contribution in [0.4, 0.5) is 0 Å². The van der Waals surface area contributed by atoms with Gasteiger partial charge in [0.1, 0.15) is 0 Å². The molecule has 6 nitrogen and oxygen atoms in total. The first-order valence-electron chi connectivity index (χ1n) is 4.58. The van der Waals surface area contributed by atoms with Gasteiger partial charge in [-0.05, 0) is 6.42 Å². The van der Waals surface area contributed by atoms with E-state index in [2.05, 4.69) is 4.65 Å². The fraction of sp³-hybridized carbons (Fsp3) is 0.857. The summed E-state index contributed by atoms with van der Waals surface area (Å²) in [5.41, 5.74) is 0. The summed E-state index contributed by atoms with van der Waals surface area (Å²) in [6.45, 7) is 1.87. The number of hydrogen-bond acceptors (Lipinski definition) is 4. The predicted molar refractivity (Wildman–Crippen MR) is 56.0 cm³/mol. The normalized spacial score (nSPS) is 13.5. The van der Waals surface area contributed by atoms with Gasteiger partial charge in [0.25, 0.3) is 16.2 Å². The lowest BCUT2D eigenvalue weighted by Crippen LogP contribution is -2.37. The van der Waals surface area contributed by atoms with E-state index in [1.165, 1.54) is 0 Å². The van der Waals surface area contributed by atoms with Crippen molar-refractivity contribution in [2.45, 2.75) is 26.2 Å². The van der Waals surface area contributed by atoms with Crippen molar-refractivity contribution in [3.63, 3.8) is 0 Å². The van der Waals surface area contributed by atoms with Crippen LogP contribution in [0.25, 0.3) is 0 Å². The second-order valence-electron chi connectivity index (χ2n) is 3.17. The molecular weight excluding hydrogens is 219 g/mol. The smallest absolute Gasteiger partial charge is 0.378 e. The summed E-state index contributed by atoms with van der Waals surface area (Å²) < 4.78 is 27.3. The Labute approximate surface area is 91.2 Å². The average Bonchev–Trinajstić information content (AvgIpc) is 2.15. The molecule has 0 aliphatic rings. The number of nitrogens with two attached hydrogens (primary N) is 1. The molecule has 0 aliphatic heterocycles. The van der Waals surface area contributed by atoms with Crippen molar-refractivity contribution < 1.29 is 17.9 Å². The van der Waals surface area contributed by atoms with Crippen molar-refractivity contribution in [1.82, 2.24) is 4.72 Å². The van der Waals surface area contributed by atoms with Gasteiger partial charge in [0.15, 0.2) is 0 Å². The van der Waals surface area contributed by atoms with Crippen molar-refractivity contribution >= 4 is 24.2 Å². The molecule has 0 aromatic carbocycles. The summed E-state index contributed by atoms with van der Waals surface area (Å²) in [6.07, 6.45) is 2.19. The Morgan fingerprint density at radius 1 is 1.60 bits per heavy atom. The number of unbranched alkanes of at least 4 members (excludes halogenated alkanes) is 1. The quantitative estimate of drug-likeness (QED) is 0.564. The molecule has 0 aromatic heterocycles. The molecule has 0 saturated carbocycles. The van der Waals surface area contributed by atoms with E-state index in [1.807, 2.05) is 11.6 Å². The molecule has 1 atom stereocenters. The minimum atomic E-state index is -3.78. The zero-order chi connectivity index (χ0) is 11.9. The molecule has 0 saturated heterocycles. The van der Waals surface area contributed by atoms with E-state index >= 15 is 0 Å². The molecule has 0 amide bonds. The van der Waals surface area contributed by atoms with E-state index in [0.717, 1.165) is 12.8 Å². The lowest BCUT2D eigenvalue weighted by atomic mass is 10.0. The zero-order valence-corrected chi connectivity index (χ0v) is 9.42. The van der Waals surface area contributed by atoms with Gasteiger partial charge in [-0.2, -0.15) is 8.42 Å². The third kappa shape index (κ3) is 7.35. The highest BCUT2D eigenvalue weighted by molar-refractivity contribution is 7.87. The topological polar surface area (TPSA) is 98.5 Å². The van der Waals surface area contributed by atoms with Crippen LogP contribution < -0.4 is 9.86 Å². The van der Waals surface area contributed by atoms with Gasteiger partial charge >= 0.3 is 8.05 Å². The molecule has 3 N–H and O–H groups in total. The molecule has 0 heterocycles. The molecular formula is C7H15BN2O4S. The lowest BCUT2D eigenvalue weighted by Gasteiger charge is -2.14. The molecule has 8 heteroatoms. The molecule has 0 fully saturated rings. The van der Waals surface area contributed by atoms with E-state index in [0.29, 0.717) is 6.42 Å². The number of carbonyl (C=O) groups excluding carboxylic acids is 1.